The minimum Gasteiger partial charge on any atom is -0.375 e. The molecule has 2 fully saturated rings. The molecule has 0 spiro atoms. The number of rotatable bonds is 2. The van der Waals surface area contributed by atoms with Crippen LogP contribution in [0.4, 0.5) is 0 Å². The third-order valence-electron chi connectivity index (χ3n) is 4.43. The Morgan fingerprint density at radius 1 is 1.32 bits per heavy atom. The number of carbonyl (C=O) groups excluding carboxylic acids is 1. The smallest absolute Gasteiger partial charge is 0.237 e. The molecule has 1 amide bonds. The van der Waals surface area contributed by atoms with Crippen LogP contribution in [0, 0.1) is 5.41 Å². The molecule has 0 aliphatic carbocycles. The van der Waals surface area contributed by atoms with Crippen LogP contribution in [0.15, 0.2) is 0 Å². The van der Waals surface area contributed by atoms with E-state index in [2.05, 4.69) is 38.3 Å². The summed E-state index contributed by atoms with van der Waals surface area (Å²) in [6, 6.07) is 0.183. The zero-order chi connectivity index (χ0) is 14.1. The summed E-state index contributed by atoms with van der Waals surface area (Å²) in [6.45, 7) is 10.2. The molecule has 110 valence electrons. The molecule has 0 radical (unpaired) electrons. The van der Waals surface area contributed by atoms with E-state index in [0.29, 0.717) is 0 Å². The fraction of sp³-hybridized carbons (Fsp3) is 0.933. The summed E-state index contributed by atoms with van der Waals surface area (Å²) in [5, 5.41) is 6.59. The van der Waals surface area contributed by atoms with Crippen LogP contribution in [-0.2, 0) is 9.53 Å². The lowest BCUT2D eigenvalue weighted by Gasteiger charge is -2.40. The molecule has 0 bridgehead atoms. The molecule has 2 aliphatic rings. The van der Waals surface area contributed by atoms with E-state index in [0.717, 1.165) is 38.8 Å². The van der Waals surface area contributed by atoms with Crippen LogP contribution in [-0.4, -0.2) is 36.7 Å². The Bertz CT molecular complexity index is 339. The van der Waals surface area contributed by atoms with Gasteiger partial charge in [0.1, 0.15) is 0 Å². The van der Waals surface area contributed by atoms with Crippen LogP contribution in [0.5, 0.6) is 0 Å². The zero-order valence-corrected chi connectivity index (χ0v) is 12.7. The van der Waals surface area contributed by atoms with Crippen molar-refractivity contribution in [1.29, 1.82) is 0 Å². The Labute approximate surface area is 116 Å². The molecule has 0 saturated carbocycles. The van der Waals surface area contributed by atoms with Crippen molar-refractivity contribution in [2.24, 2.45) is 5.41 Å². The van der Waals surface area contributed by atoms with Gasteiger partial charge in [0.15, 0.2) is 0 Å². The molecule has 2 heterocycles. The van der Waals surface area contributed by atoms with Gasteiger partial charge in [-0.05, 0) is 51.5 Å². The normalized spacial score (nSPS) is 33.7. The van der Waals surface area contributed by atoms with Crippen LogP contribution < -0.4 is 10.6 Å². The lowest BCUT2D eigenvalue weighted by molar-refractivity contribution is -0.129. The molecule has 2 aliphatic heterocycles. The zero-order valence-electron chi connectivity index (χ0n) is 12.7. The van der Waals surface area contributed by atoms with Crippen molar-refractivity contribution < 1.29 is 9.53 Å². The first-order chi connectivity index (χ1) is 8.80. The molecule has 0 aromatic heterocycles. The molecule has 0 aromatic carbocycles. The quantitative estimate of drug-likeness (QED) is 0.803. The van der Waals surface area contributed by atoms with Crippen molar-refractivity contribution in [3.05, 3.63) is 0 Å². The number of hydrogen-bond donors (Lipinski definition) is 2. The first kappa shape index (κ1) is 14.8. The van der Waals surface area contributed by atoms with Gasteiger partial charge in [0, 0.05) is 12.6 Å². The highest BCUT2D eigenvalue weighted by molar-refractivity contribution is 5.83. The number of carbonyl (C=O) groups is 1. The highest BCUT2D eigenvalue weighted by atomic mass is 16.5. The fourth-order valence-electron chi connectivity index (χ4n) is 3.30. The van der Waals surface area contributed by atoms with Gasteiger partial charge in [0.05, 0.1) is 11.6 Å². The fourth-order valence-corrected chi connectivity index (χ4v) is 3.30. The molecule has 0 aromatic rings. The van der Waals surface area contributed by atoms with Gasteiger partial charge < -0.3 is 15.4 Å². The van der Waals surface area contributed by atoms with Gasteiger partial charge >= 0.3 is 0 Å². The standard InChI is InChI=1S/C15H28N2O2/c1-14(2)7-5-8-16-12(14)13(18)17-11-6-9-19-15(3,4)10-11/h11-12,16H,5-10H2,1-4H3,(H,17,18). The molecule has 4 heteroatoms. The maximum atomic E-state index is 12.5. The minimum absolute atomic E-state index is 0.0447. The van der Waals surface area contributed by atoms with Gasteiger partial charge in [-0.2, -0.15) is 0 Å². The van der Waals surface area contributed by atoms with E-state index >= 15 is 0 Å². The lowest BCUT2D eigenvalue weighted by Crippen LogP contribution is -2.58. The van der Waals surface area contributed by atoms with Gasteiger partial charge in [0.25, 0.3) is 0 Å². The van der Waals surface area contributed by atoms with E-state index in [9.17, 15) is 4.79 Å². The summed E-state index contributed by atoms with van der Waals surface area (Å²) in [6.07, 6.45) is 4.08. The molecule has 2 atom stereocenters. The van der Waals surface area contributed by atoms with Crippen molar-refractivity contribution >= 4 is 5.91 Å². The van der Waals surface area contributed by atoms with Crippen molar-refractivity contribution in [1.82, 2.24) is 10.6 Å². The Hall–Kier alpha value is -0.610. The van der Waals surface area contributed by atoms with E-state index in [1.165, 1.54) is 0 Å². The number of piperidine rings is 1. The van der Waals surface area contributed by atoms with Gasteiger partial charge in [-0.15, -0.1) is 0 Å². The summed E-state index contributed by atoms with van der Waals surface area (Å²) < 4.78 is 5.70. The predicted molar refractivity (Wildman–Crippen MR) is 76.0 cm³/mol. The van der Waals surface area contributed by atoms with E-state index < -0.39 is 0 Å². The number of nitrogens with one attached hydrogen (secondary N) is 2. The SMILES string of the molecule is CC1(C)CC(NC(=O)C2NCCCC2(C)C)CCO1. The van der Waals surface area contributed by atoms with Crippen molar-refractivity contribution in [2.45, 2.75) is 71.1 Å². The third-order valence-corrected chi connectivity index (χ3v) is 4.43. The number of ether oxygens (including phenoxy) is 1. The van der Waals surface area contributed by atoms with Crippen molar-refractivity contribution in [3.8, 4) is 0 Å². The molecular weight excluding hydrogens is 240 g/mol. The Morgan fingerprint density at radius 2 is 2.05 bits per heavy atom. The Balaban J connectivity index is 1.93. The topological polar surface area (TPSA) is 50.4 Å². The number of amides is 1. The van der Waals surface area contributed by atoms with Crippen LogP contribution in [0.3, 0.4) is 0 Å². The van der Waals surface area contributed by atoms with Crippen LogP contribution >= 0.6 is 0 Å². The third kappa shape index (κ3) is 3.69. The van der Waals surface area contributed by atoms with E-state index in [1.807, 2.05) is 0 Å². The maximum Gasteiger partial charge on any atom is 0.237 e. The molecule has 2 unspecified atom stereocenters. The highest BCUT2D eigenvalue weighted by Crippen LogP contribution is 2.31. The molecule has 2 rings (SSSR count). The van der Waals surface area contributed by atoms with Crippen molar-refractivity contribution in [3.63, 3.8) is 0 Å². The molecule has 19 heavy (non-hydrogen) atoms. The second-order valence-electron chi connectivity index (χ2n) is 7.29. The van der Waals surface area contributed by atoms with Crippen LogP contribution in [0.1, 0.15) is 53.4 Å². The largest absolute Gasteiger partial charge is 0.375 e. The first-order valence-electron chi connectivity index (χ1n) is 7.48. The second kappa shape index (κ2) is 5.41. The second-order valence-corrected chi connectivity index (χ2v) is 7.29. The Kier molecular flexibility index (Phi) is 4.21. The molecule has 2 saturated heterocycles. The molecular formula is C15H28N2O2. The molecule has 2 N–H and O–H groups in total. The lowest BCUT2D eigenvalue weighted by atomic mass is 9.77. The summed E-state index contributed by atoms with van der Waals surface area (Å²) in [5.74, 6) is 0.160. The summed E-state index contributed by atoms with van der Waals surface area (Å²) in [7, 11) is 0. The van der Waals surface area contributed by atoms with E-state index in [-0.39, 0.29) is 29.0 Å². The average molecular weight is 268 g/mol. The maximum absolute atomic E-state index is 12.5. The van der Waals surface area contributed by atoms with Crippen LogP contribution in [0.25, 0.3) is 0 Å². The summed E-state index contributed by atoms with van der Waals surface area (Å²) in [5.41, 5.74) is -0.0747. The van der Waals surface area contributed by atoms with Gasteiger partial charge in [-0.25, -0.2) is 0 Å². The van der Waals surface area contributed by atoms with Gasteiger partial charge in [-0.1, -0.05) is 13.8 Å². The Morgan fingerprint density at radius 3 is 2.68 bits per heavy atom. The highest BCUT2D eigenvalue weighted by Gasteiger charge is 2.38. The van der Waals surface area contributed by atoms with E-state index in [1.54, 1.807) is 0 Å². The minimum atomic E-state index is -0.119. The van der Waals surface area contributed by atoms with E-state index in [4.69, 9.17) is 4.74 Å². The first-order valence-corrected chi connectivity index (χ1v) is 7.48. The average Bonchev–Trinajstić information content (AvgIpc) is 2.26. The predicted octanol–water partition coefficient (Wildman–Crippen LogP) is 1.84. The monoisotopic (exact) mass is 268 g/mol. The molecule has 4 nitrogen and oxygen atoms in total. The summed E-state index contributed by atoms with van der Waals surface area (Å²) in [4.78, 5) is 12.5. The number of hydrogen-bond acceptors (Lipinski definition) is 3. The van der Waals surface area contributed by atoms with Crippen LogP contribution in [0.2, 0.25) is 0 Å². The van der Waals surface area contributed by atoms with Gasteiger partial charge in [-0.3, -0.25) is 4.79 Å². The van der Waals surface area contributed by atoms with Gasteiger partial charge in [0.2, 0.25) is 5.91 Å². The van der Waals surface area contributed by atoms with Crippen molar-refractivity contribution in [2.75, 3.05) is 13.2 Å². The summed E-state index contributed by atoms with van der Waals surface area (Å²) >= 11 is 0.